The second-order valence-corrected chi connectivity index (χ2v) is 13.2. The maximum absolute atomic E-state index is 15.0. The Balaban J connectivity index is 1.33. The van der Waals surface area contributed by atoms with E-state index in [1.807, 2.05) is 54.6 Å². The van der Waals surface area contributed by atoms with Crippen LogP contribution < -0.4 is 4.90 Å². The number of fused-ring (bicyclic) bond motifs is 4. The molecule has 6 unspecified atom stereocenters. The number of nitrogens with zero attached hydrogens (tertiary/aromatic N) is 1. The van der Waals surface area contributed by atoms with Gasteiger partial charge >= 0.3 is 5.97 Å². The maximum atomic E-state index is 15.0. The number of amides is 2. The third-order valence-corrected chi connectivity index (χ3v) is 11.0. The molecular weight excluding hydrogens is 618 g/mol. The lowest BCUT2D eigenvalue weighted by atomic mass is 9.44. The zero-order valence-electron chi connectivity index (χ0n) is 26.2. The van der Waals surface area contributed by atoms with E-state index < -0.39 is 52.8 Å². The van der Waals surface area contributed by atoms with Crippen molar-refractivity contribution in [2.75, 3.05) is 4.90 Å². The first-order chi connectivity index (χ1) is 23.7. The highest BCUT2D eigenvalue weighted by Gasteiger charge is 2.66. The van der Waals surface area contributed by atoms with Gasteiger partial charge < -0.3 is 10.2 Å². The lowest BCUT2D eigenvalue weighted by Gasteiger charge is -2.55. The molecule has 2 N–H and O–H groups in total. The number of allylic oxidation sites excluding steroid dienone is 4. The topological polar surface area (TPSA) is 129 Å². The zero-order valence-corrected chi connectivity index (χ0v) is 26.2. The molecule has 242 valence electrons. The van der Waals surface area contributed by atoms with Crippen molar-refractivity contribution in [2.24, 2.45) is 23.7 Å². The van der Waals surface area contributed by atoms with E-state index in [1.54, 1.807) is 42.5 Å². The molecule has 8 heteroatoms. The Bertz CT molecular complexity index is 2120. The molecule has 8 rings (SSSR count). The molecule has 49 heavy (non-hydrogen) atoms. The van der Waals surface area contributed by atoms with Crippen LogP contribution in [0.25, 0.3) is 5.57 Å². The summed E-state index contributed by atoms with van der Waals surface area (Å²) in [6.45, 7) is 0. The molecule has 0 aromatic heterocycles. The standard InChI is InChI=1S/C41H31NO7/c43-28-16-14-24(15-17-28)36-29-18-19-30-35(39(47)42(38(30)46)27-13-7-10-25(20-27)40(48)49)32(29)21-33-37(45)31(23-8-3-1-4-9-23)22-34(44)41(33,36)26-11-5-2-6-12-26/h1-18,20,22,30,32-33,35-36,43H,19,21H2,(H,48,49). The summed E-state index contributed by atoms with van der Waals surface area (Å²) in [4.78, 5) is 71.2. The summed E-state index contributed by atoms with van der Waals surface area (Å²) in [7, 11) is 0. The minimum atomic E-state index is -1.36. The molecule has 4 aromatic rings. The van der Waals surface area contributed by atoms with Crippen LogP contribution >= 0.6 is 0 Å². The summed E-state index contributed by atoms with van der Waals surface area (Å²) in [6, 6.07) is 30.8. The lowest BCUT2D eigenvalue weighted by molar-refractivity contribution is -0.135. The normalized spacial score (nSPS) is 27.5. The van der Waals surface area contributed by atoms with Crippen molar-refractivity contribution in [3.8, 4) is 5.75 Å². The van der Waals surface area contributed by atoms with E-state index in [1.165, 1.54) is 24.3 Å². The van der Waals surface area contributed by atoms with E-state index in [2.05, 4.69) is 0 Å². The molecule has 8 nitrogen and oxygen atoms in total. The largest absolute Gasteiger partial charge is 0.508 e. The first-order valence-electron chi connectivity index (χ1n) is 16.3. The van der Waals surface area contributed by atoms with E-state index in [9.17, 15) is 34.2 Å². The molecule has 2 fully saturated rings. The lowest BCUT2D eigenvalue weighted by Crippen LogP contribution is -2.58. The van der Waals surface area contributed by atoms with Crippen LogP contribution in [0, 0.1) is 23.7 Å². The van der Waals surface area contributed by atoms with E-state index in [-0.39, 0.29) is 41.4 Å². The van der Waals surface area contributed by atoms with Crippen molar-refractivity contribution in [1.82, 2.24) is 0 Å². The number of aromatic carboxylic acids is 1. The molecule has 2 amide bonds. The van der Waals surface area contributed by atoms with Gasteiger partial charge in [-0.3, -0.25) is 24.1 Å². The van der Waals surface area contributed by atoms with Crippen LogP contribution in [0.15, 0.2) is 127 Å². The predicted molar refractivity (Wildman–Crippen MR) is 181 cm³/mol. The Morgan fingerprint density at radius 3 is 2.16 bits per heavy atom. The molecule has 1 aliphatic heterocycles. The smallest absolute Gasteiger partial charge is 0.335 e. The summed E-state index contributed by atoms with van der Waals surface area (Å²) in [5.74, 6) is -6.06. The highest BCUT2D eigenvalue weighted by molar-refractivity contribution is 6.32. The highest BCUT2D eigenvalue weighted by atomic mass is 16.4. The van der Waals surface area contributed by atoms with Crippen molar-refractivity contribution in [3.05, 3.63) is 149 Å². The second kappa shape index (κ2) is 11.4. The van der Waals surface area contributed by atoms with Crippen LogP contribution in [0.1, 0.15) is 45.8 Å². The summed E-state index contributed by atoms with van der Waals surface area (Å²) in [6.07, 6.45) is 3.85. The number of imide groups is 1. The molecule has 1 saturated carbocycles. The van der Waals surface area contributed by atoms with Gasteiger partial charge in [0, 0.05) is 17.4 Å². The van der Waals surface area contributed by atoms with Crippen LogP contribution in [0.4, 0.5) is 5.69 Å². The van der Waals surface area contributed by atoms with E-state index >= 15 is 0 Å². The van der Waals surface area contributed by atoms with Crippen LogP contribution in [0.2, 0.25) is 0 Å². The first kappa shape index (κ1) is 30.4. The van der Waals surface area contributed by atoms with E-state index in [0.29, 0.717) is 22.3 Å². The van der Waals surface area contributed by atoms with Crippen molar-refractivity contribution in [3.63, 3.8) is 0 Å². The highest BCUT2D eigenvalue weighted by Crippen LogP contribution is 2.63. The quantitative estimate of drug-likeness (QED) is 0.197. The van der Waals surface area contributed by atoms with Gasteiger partial charge in [-0.2, -0.15) is 0 Å². The SMILES string of the molecule is O=C(O)c1cccc(N2C(=O)C3CC=C4C(CC5C(=O)C(c6ccccc6)=CC(=O)C5(c5ccccc5)C4c4ccc(O)cc4)C3C2=O)c1. The van der Waals surface area contributed by atoms with Gasteiger partial charge in [-0.1, -0.05) is 90.5 Å². The summed E-state index contributed by atoms with van der Waals surface area (Å²) >= 11 is 0. The van der Waals surface area contributed by atoms with Crippen molar-refractivity contribution >= 4 is 40.6 Å². The predicted octanol–water partition coefficient (Wildman–Crippen LogP) is 6.12. The Morgan fingerprint density at radius 2 is 1.47 bits per heavy atom. The number of carboxylic acids is 1. The molecule has 0 radical (unpaired) electrons. The number of carbonyl (C=O) groups is 5. The third-order valence-electron chi connectivity index (χ3n) is 11.0. The van der Waals surface area contributed by atoms with Crippen LogP contribution in [-0.2, 0) is 24.6 Å². The molecule has 1 saturated heterocycles. The fourth-order valence-electron chi connectivity index (χ4n) is 8.95. The van der Waals surface area contributed by atoms with Crippen molar-refractivity contribution in [1.29, 1.82) is 0 Å². The van der Waals surface area contributed by atoms with E-state index in [0.717, 1.165) is 10.5 Å². The average Bonchev–Trinajstić information content (AvgIpc) is 3.39. The van der Waals surface area contributed by atoms with Gasteiger partial charge in [-0.15, -0.1) is 0 Å². The van der Waals surface area contributed by atoms with Crippen LogP contribution in [-0.4, -0.2) is 39.6 Å². The third kappa shape index (κ3) is 4.47. The molecular formula is C41H31NO7. The number of anilines is 1. The number of rotatable bonds is 5. The van der Waals surface area contributed by atoms with E-state index in [4.69, 9.17) is 0 Å². The van der Waals surface area contributed by atoms with Gasteiger partial charge in [0.1, 0.15) is 5.75 Å². The number of ketones is 2. The first-order valence-corrected chi connectivity index (χ1v) is 16.3. The fourth-order valence-corrected chi connectivity index (χ4v) is 8.95. The molecule has 3 aliphatic carbocycles. The van der Waals surface area contributed by atoms with Gasteiger partial charge in [-0.05, 0) is 71.9 Å². The average molecular weight is 650 g/mol. The number of carboxylic acid groups (broad SMARTS) is 1. The van der Waals surface area contributed by atoms with Crippen LogP contribution in [0.3, 0.4) is 0 Å². The summed E-state index contributed by atoms with van der Waals surface area (Å²) in [5, 5.41) is 19.9. The van der Waals surface area contributed by atoms with Crippen molar-refractivity contribution < 1.29 is 34.2 Å². The minimum Gasteiger partial charge on any atom is -0.508 e. The van der Waals surface area contributed by atoms with Gasteiger partial charge in [-0.25, -0.2) is 4.79 Å². The number of aromatic hydroxyl groups is 1. The van der Waals surface area contributed by atoms with Gasteiger partial charge in [0.2, 0.25) is 11.8 Å². The molecule has 4 aromatic carbocycles. The maximum Gasteiger partial charge on any atom is 0.335 e. The number of Topliss-reactive ketones (excluding diaryl/α,β-unsaturated/α-hetero) is 1. The molecule has 0 spiro atoms. The summed E-state index contributed by atoms with van der Waals surface area (Å²) < 4.78 is 0. The Hall–Kier alpha value is -5.89. The summed E-state index contributed by atoms with van der Waals surface area (Å²) in [5.41, 5.74) is 1.93. The van der Waals surface area contributed by atoms with Crippen LogP contribution in [0.5, 0.6) is 5.75 Å². The number of phenolic OH excluding ortho intramolecular Hbond substituents is 1. The van der Waals surface area contributed by atoms with Gasteiger partial charge in [0.25, 0.3) is 0 Å². The fraction of sp³-hybridized carbons (Fsp3) is 0.195. The molecule has 1 heterocycles. The zero-order chi connectivity index (χ0) is 34.0. The monoisotopic (exact) mass is 649 g/mol. The van der Waals surface area contributed by atoms with Crippen molar-refractivity contribution in [2.45, 2.75) is 24.2 Å². The number of hydrogen-bond acceptors (Lipinski definition) is 6. The minimum absolute atomic E-state index is 0.0453. The number of phenols is 1. The molecule has 6 atom stereocenters. The second-order valence-electron chi connectivity index (χ2n) is 13.2. The number of carbonyl (C=O) groups excluding carboxylic acids is 4. The Labute approximate surface area is 282 Å². The Kier molecular flexibility index (Phi) is 7.07. The van der Waals surface area contributed by atoms with Gasteiger partial charge in [0.05, 0.1) is 28.5 Å². The molecule has 0 bridgehead atoms. The van der Waals surface area contributed by atoms with Gasteiger partial charge in [0.15, 0.2) is 11.6 Å². The number of benzene rings is 4. The number of hydrogen-bond donors (Lipinski definition) is 2. The molecule has 4 aliphatic rings. The Morgan fingerprint density at radius 1 is 0.776 bits per heavy atom.